The molecule has 0 bridgehead atoms. The molecule has 2 aliphatic heterocycles. The first-order chi connectivity index (χ1) is 18.7. The monoisotopic (exact) mass is 548 g/mol. The average Bonchev–Trinajstić information content (AvgIpc) is 3.36. The van der Waals surface area contributed by atoms with Crippen molar-refractivity contribution >= 4 is 38.4 Å². The van der Waals surface area contributed by atoms with Gasteiger partial charge < -0.3 is 20.1 Å². The molecule has 0 amide bonds. The van der Waals surface area contributed by atoms with Gasteiger partial charge in [0.2, 0.25) is 5.95 Å². The number of rotatable bonds is 7. The third kappa shape index (κ3) is 5.05. The molecule has 0 unspecified atom stereocenters. The number of β-amino-alcohol motifs (C(OH)–C–C–N with tert-alkyl or cyclic N) is 1. The van der Waals surface area contributed by atoms with Crippen molar-refractivity contribution in [1.82, 2.24) is 18.8 Å². The number of likely N-dealkylation sites (tertiary alicyclic amines) is 1. The predicted molar refractivity (Wildman–Crippen MR) is 150 cm³/mol. The lowest BCUT2D eigenvalue weighted by Crippen LogP contribution is -2.64. The van der Waals surface area contributed by atoms with Gasteiger partial charge in [0.25, 0.3) is 10.0 Å². The van der Waals surface area contributed by atoms with E-state index in [1.165, 1.54) is 25.4 Å². The highest BCUT2D eigenvalue weighted by Crippen LogP contribution is 2.30. The molecule has 39 heavy (non-hydrogen) atoms. The Balaban J connectivity index is 1.15. The van der Waals surface area contributed by atoms with Crippen LogP contribution in [0, 0.1) is 0 Å². The molecule has 2 aromatic carbocycles. The molecule has 2 aromatic heterocycles. The number of nitrogens with zero attached hydrogens (tertiary/aromatic N) is 5. The summed E-state index contributed by atoms with van der Waals surface area (Å²) in [6, 6.07) is 16.7. The van der Waals surface area contributed by atoms with Gasteiger partial charge in [0.1, 0.15) is 5.75 Å². The van der Waals surface area contributed by atoms with Crippen molar-refractivity contribution in [1.29, 1.82) is 0 Å². The molecule has 0 aliphatic carbocycles. The Morgan fingerprint density at radius 1 is 1.08 bits per heavy atom. The predicted octanol–water partition coefficient (Wildman–Crippen LogP) is 3.46. The molecule has 204 valence electrons. The Bertz CT molecular complexity index is 1590. The van der Waals surface area contributed by atoms with Crippen molar-refractivity contribution in [2.24, 2.45) is 0 Å². The van der Waals surface area contributed by atoms with Gasteiger partial charge in [-0.2, -0.15) is 4.98 Å². The second kappa shape index (κ2) is 9.82. The van der Waals surface area contributed by atoms with Crippen LogP contribution in [0.1, 0.15) is 19.8 Å². The molecule has 0 radical (unpaired) electrons. The number of nitrogens with one attached hydrogen (secondary N) is 1. The quantitative estimate of drug-likeness (QED) is 0.359. The minimum Gasteiger partial charge on any atom is -0.497 e. The van der Waals surface area contributed by atoms with E-state index in [-0.39, 0.29) is 4.90 Å². The Labute approximate surface area is 227 Å². The number of aliphatic hydroxyl groups is 1. The second-order valence-electron chi connectivity index (χ2n) is 10.6. The molecule has 6 rings (SSSR count). The third-order valence-corrected chi connectivity index (χ3v) is 9.21. The first-order valence-corrected chi connectivity index (χ1v) is 14.5. The number of anilines is 3. The first-order valence-electron chi connectivity index (χ1n) is 13.0. The van der Waals surface area contributed by atoms with Gasteiger partial charge in [0.15, 0.2) is 5.65 Å². The van der Waals surface area contributed by atoms with E-state index in [2.05, 4.69) is 37.2 Å². The van der Waals surface area contributed by atoms with E-state index in [0.29, 0.717) is 28.8 Å². The van der Waals surface area contributed by atoms with Crippen LogP contribution in [-0.4, -0.2) is 77.3 Å². The van der Waals surface area contributed by atoms with Crippen LogP contribution in [0.5, 0.6) is 5.75 Å². The summed E-state index contributed by atoms with van der Waals surface area (Å²) in [7, 11) is -2.38. The summed E-state index contributed by atoms with van der Waals surface area (Å²) in [6.07, 6.45) is 5.27. The number of methoxy groups -OCH3 is 1. The maximum atomic E-state index is 13.3. The Morgan fingerprint density at radius 2 is 1.82 bits per heavy atom. The lowest BCUT2D eigenvalue weighted by molar-refractivity contribution is -0.105. The van der Waals surface area contributed by atoms with Crippen molar-refractivity contribution < 1.29 is 18.3 Å². The topological polar surface area (TPSA) is 113 Å². The zero-order valence-electron chi connectivity index (χ0n) is 22.0. The molecule has 11 heteroatoms. The van der Waals surface area contributed by atoms with Gasteiger partial charge in [-0.25, -0.2) is 17.4 Å². The van der Waals surface area contributed by atoms with Gasteiger partial charge >= 0.3 is 0 Å². The van der Waals surface area contributed by atoms with E-state index in [4.69, 9.17) is 4.74 Å². The van der Waals surface area contributed by atoms with Crippen molar-refractivity contribution in [3.05, 3.63) is 67.0 Å². The van der Waals surface area contributed by atoms with Gasteiger partial charge in [-0.05, 0) is 62.2 Å². The Morgan fingerprint density at radius 3 is 2.51 bits per heavy atom. The Kier molecular flexibility index (Phi) is 6.44. The number of ether oxygens (including phenoxy) is 1. The number of piperidine rings is 1. The number of benzene rings is 2. The van der Waals surface area contributed by atoms with E-state index in [1.807, 2.05) is 19.1 Å². The van der Waals surface area contributed by atoms with E-state index in [0.717, 1.165) is 54.4 Å². The van der Waals surface area contributed by atoms with E-state index in [1.54, 1.807) is 24.4 Å². The largest absolute Gasteiger partial charge is 0.497 e. The summed E-state index contributed by atoms with van der Waals surface area (Å²) < 4.78 is 33.1. The smallest absolute Gasteiger partial charge is 0.269 e. The van der Waals surface area contributed by atoms with Gasteiger partial charge in [0.05, 0.1) is 17.6 Å². The minimum atomic E-state index is -3.88. The first kappa shape index (κ1) is 25.6. The molecule has 2 N–H and O–H groups in total. The molecule has 2 aliphatic rings. The van der Waals surface area contributed by atoms with E-state index in [9.17, 15) is 13.5 Å². The summed E-state index contributed by atoms with van der Waals surface area (Å²) >= 11 is 0. The highest BCUT2D eigenvalue weighted by atomic mass is 32.2. The fourth-order valence-corrected chi connectivity index (χ4v) is 6.82. The molecule has 2 saturated heterocycles. The standard InChI is InChI=1S/C28H32N6O4S/c1-28(35)18-33(19-28)23-11-13-32(14-12-23)22-8-6-21(7-9-22)30-27-29-17-20-10-15-34(26(20)31-27)39(36,37)25-5-3-4-24(16-25)38-2/h3-10,15-17,23,35H,11-14,18-19H2,1-2H3,(H,29,30,31). The lowest BCUT2D eigenvalue weighted by Gasteiger charge is -2.50. The van der Waals surface area contributed by atoms with Crippen LogP contribution < -0.4 is 15.0 Å². The molecule has 0 spiro atoms. The minimum absolute atomic E-state index is 0.115. The van der Waals surface area contributed by atoms with Crippen LogP contribution in [0.25, 0.3) is 11.0 Å². The summed E-state index contributed by atoms with van der Waals surface area (Å²) in [6.45, 7) is 5.40. The SMILES string of the molecule is COc1cccc(S(=O)(=O)n2ccc3cnc(Nc4ccc(N5CCC(N6CC(C)(O)C6)CC5)cc4)nc32)c1. The zero-order chi connectivity index (χ0) is 27.2. The number of hydrogen-bond donors (Lipinski definition) is 2. The van der Waals surface area contributed by atoms with Gasteiger partial charge in [0, 0.05) is 67.4 Å². The normalized spacial score (nSPS) is 18.2. The molecule has 2 fully saturated rings. The van der Waals surface area contributed by atoms with Crippen LogP contribution in [0.4, 0.5) is 17.3 Å². The molecule has 10 nitrogen and oxygen atoms in total. The van der Waals surface area contributed by atoms with Crippen LogP contribution in [0.15, 0.2) is 71.9 Å². The van der Waals surface area contributed by atoms with Gasteiger partial charge in [-0.1, -0.05) is 6.07 Å². The second-order valence-corrected chi connectivity index (χ2v) is 12.4. The highest BCUT2D eigenvalue weighted by molar-refractivity contribution is 7.90. The number of fused-ring (bicyclic) bond motifs is 1. The van der Waals surface area contributed by atoms with Crippen LogP contribution in [-0.2, 0) is 10.0 Å². The van der Waals surface area contributed by atoms with Crippen molar-refractivity contribution in [3.63, 3.8) is 0 Å². The number of aromatic nitrogens is 3. The van der Waals surface area contributed by atoms with E-state index >= 15 is 0 Å². The van der Waals surface area contributed by atoms with Gasteiger partial charge in [-0.15, -0.1) is 0 Å². The van der Waals surface area contributed by atoms with Crippen LogP contribution in [0.3, 0.4) is 0 Å². The maximum Gasteiger partial charge on any atom is 0.269 e. The van der Waals surface area contributed by atoms with E-state index < -0.39 is 15.6 Å². The maximum absolute atomic E-state index is 13.3. The number of hydrogen-bond acceptors (Lipinski definition) is 9. The zero-order valence-corrected chi connectivity index (χ0v) is 22.8. The molecule has 4 aromatic rings. The lowest BCUT2D eigenvalue weighted by atomic mass is 9.91. The molecule has 4 heterocycles. The van der Waals surface area contributed by atoms with Crippen LogP contribution in [0.2, 0.25) is 0 Å². The van der Waals surface area contributed by atoms with Crippen LogP contribution >= 0.6 is 0 Å². The Hall–Kier alpha value is -3.67. The molecule has 0 saturated carbocycles. The molecular weight excluding hydrogens is 516 g/mol. The molecular formula is C28H32N6O4S. The van der Waals surface area contributed by atoms with Crippen molar-refractivity contribution in [3.8, 4) is 5.75 Å². The fourth-order valence-electron chi connectivity index (χ4n) is 5.49. The summed E-state index contributed by atoms with van der Waals surface area (Å²) in [5.41, 5.74) is 1.73. The summed E-state index contributed by atoms with van der Waals surface area (Å²) in [5, 5.41) is 13.8. The fraction of sp³-hybridized carbons (Fsp3) is 0.357. The van der Waals surface area contributed by atoms with Crippen molar-refractivity contribution in [2.45, 2.75) is 36.3 Å². The highest BCUT2D eigenvalue weighted by Gasteiger charge is 2.40. The molecule has 0 atom stereocenters. The van der Waals surface area contributed by atoms with Gasteiger partial charge in [-0.3, -0.25) is 4.90 Å². The third-order valence-electron chi connectivity index (χ3n) is 7.55. The summed E-state index contributed by atoms with van der Waals surface area (Å²) in [4.78, 5) is 13.8. The summed E-state index contributed by atoms with van der Waals surface area (Å²) in [5.74, 6) is 0.769. The van der Waals surface area contributed by atoms with Crippen molar-refractivity contribution in [2.75, 3.05) is 43.5 Å². The average molecular weight is 549 g/mol.